The van der Waals surface area contributed by atoms with Gasteiger partial charge < -0.3 is 5.32 Å². The molecule has 0 spiro atoms. The molecular formula is C11H11NO. The zero-order valence-corrected chi connectivity index (χ0v) is 7.23. The number of amides is 1. The molecule has 2 nitrogen and oxygen atoms in total. The van der Waals surface area contributed by atoms with Crippen molar-refractivity contribution in [2.45, 2.75) is 0 Å². The highest BCUT2D eigenvalue weighted by molar-refractivity contribution is 5.94. The van der Waals surface area contributed by atoms with Crippen molar-refractivity contribution in [3.63, 3.8) is 0 Å². The Hall–Kier alpha value is -1.83. The third-order valence-electron chi connectivity index (χ3n) is 1.48. The number of carbonyl (C=O) groups excluding carboxylic acids is 1. The smallest absolute Gasteiger partial charge is 0.255 e. The molecular weight excluding hydrogens is 162 g/mol. The standard InChI is InChI=1S/C11H11NO/c1-2-3-9-12-11(13)10-7-5-4-6-8-10/h2-9H,1H2,(H,12,13)/b9-3-. The van der Waals surface area contributed by atoms with E-state index in [9.17, 15) is 4.79 Å². The second-order valence-electron chi connectivity index (χ2n) is 2.43. The Balaban J connectivity index is 2.59. The summed E-state index contributed by atoms with van der Waals surface area (Å²) in [5, 5.41) is 2.61. The van der Waals surface area contributed by atoms with E-state index in [1.54, 1.807) is 30.5 Å². The molecule has 0 bridgehead atoms. The Morgan fingerprint density at radius 2 is 2.00 bits per heavy atom. The lowest BCUT2D eigenvalue weighted by molar-refractivity contribution is 0.0970. The number of nitrogens with one attached hydrogen (secondary N) is 1. The van der Waals surface area contributed by atoms with Crippen LogP contribution >= 0.6 is 0 Å². The minimum atomic E-state index is -0.112. The third kappa shape index (κ3) is 2.95. The van der Waals surface area contributed by atoms with Gasteiger partial charge in [-0.05, 0) is 18.2 Å². The Morgan fingerprint density at radius 3 is 2.62 bits per heavy atom. The molecule has 0 fully saturated rings. The van der Waals surface area contributed by atoms with Gasteiger partial charge in [-0.2, -0.15) is 0 Å². The largest absolute Gasteiger partial charge is 0.329 e. The van der Waals surface area contributed by atoms with Crippen LogP contribution < -0.4 is 5.32 Å². The van der Waals surface area contributed by atoms with Gasteiger partial charge in [-0.15, -0.1) is 0 Å². The van der Waals surface area contributed by atoms with Crippen LogP contribution in [-0.4, -0.2) is 5.91 Å². The monoisotopic (exact) mass is 173 g/mol. The second kappa shape index (κ2) is 4.93. The van der Waals surface area contributed by atoms with Gasteiger partial charge in [0, 0.05) is 11.8 Å². The maximum atomic E-state index is 11.3. The molecule has 0 aliphatic heterocycles. The summed E-state index contributed by atoms with van der Waals surface area (Å²) in [6.07, 6.45) is 4.83. The Bertz CT molecular complexity index is 314. The summed E-state index contributed by atoms with van der Waals surface area (Å²) in [5.74, 6) is -0.112. The normalized spacial score (nSPS) is 9.85. The highest BCUT2D eigenvalue weighted by atomic mass is 16.1. The Labute approximate surface area is 77.6 Å². The van der Waals surface area contributed by atoms with E-state index in [-0.39, 0.29) is 5.91 Å². The number of hydrogen-bond donors (Lipinski definition) is 1. The predicted octanol–water partition coefficient (Wildman–Crippen LogP) is 2.12. The van der Waals surface area contributed by atoms with Crippen molar-refractivity contribution >= 4 is 5.91 Å². The summed E-state index contributed by atoms with van der Waals surface area (Å²) in [5.41, 5.74) is 0.649. The molecule has 0 aliphatic rings. The molecule has 1 amide bonds. The Morgan fingerprint density at radius 1 is 1.31 bits per heavy atom. The van der Waals surface area contributed by atoms with E-state index in [0.717, 1.165) is 0 Å². The van der Waals surface area contributed by atoms with Crippen LogP contribution in [-0.2, 0) is 0 Å². The third-order valence-corrected chi connectivity index (χ3v) is 1.48. The molecule has 0 unspecified atom stereocenters. The lowest BCUT2D eigenvalue weighted by Gasteiger charge is -1.97. The zero-order chi connectivity index (χ0) is 9.52. The summed E-state index contributed by atoms with van der Waals surface area (Å²) in [7, 11) is 0. The van der Waals surface area contributed by atoms with Crippen molar-refractivity contribution in [2.24, 2.45) is 0 Å². The molecule has 1 N–H and O–H groups in total. The molecule has 0 radical (unpaired) electrons. The molecule has 1 aromatic carbocycles. The molecule has 0 saturated heterocycles. The van der Waals surface area contributed by atoms with Crippen LogP contribution in [0, 0.1) is 0 Å². The fourth-order valence-electron chi connectivity index (χ4n) is 0.865. The van der Waals surface area contributed by atoms with Crippen LogP contribution in [0.4, 0.5) is 0 Å². The van der Waals surface area contributed by atoms with Crippen LogP contribution in [0.25, 0.3) is 0 Å². The summed E-state index contributed by atoms with van der Waals surface area (Å²) in [6.45, 7) is 3.49. The number of hydrogen-bond acceptors (Lipinski definition) is 1. The first-order chi connectivity index (χ1) is 6.34. The van der Waals surface area contributed by atoms with Crippen LogP contribution in [0.2, 0.25) is 0 Å². The molecule has 2 heteroatoms. The molecule has 1 aromatic rings. The number of allylic oxidation sites excluding steroid dienone is 2. The number of rotatable bonds is 3. The molecule has 0 saturated carbocycles. The van der Waals surface area contributed by atoms with Crippen LogP contribution in [0.1, 0.15) is 10.4 Å². The maximum absolute atomic E-state index is 11.3. The topological polar surface area (TPSA) is 29.1 Å². The van der Waals surface area contributed by atoms with Crippen molar-refractivity contribution in [3.05, 3.63) is 60.8 Å². The van der Waals surface area contributed by atoms with Gasteiger partial charge in [-0.25, -0.2) is 0 Å². The molecule has 0 heterocycles. The predicted molar refractivity (Wildman–Crippen MR) is 53.2 cm³/mol. The van der Waals surface area contributed by atoms with Crippen LogP contribution in [0.5, 0.6) is 0 Å². The highest BCUT2D eigenvalue weighted by Gasteiger charge is 1.99. The van der Waals surface area contributed by atoms with E-state index in [4.69, 9.17) is 0 Å². The van der Waals surface area contributed by atoms with Gasteiger partial charge in [-0.3, -0.25) is 4.79 Å². The lowest BCUT2D eigenvalue weighted by Crippen LogP contribution is -2.16. The van der Waals surface area contributed by atoms with Crippen molar-refractivity contribution < 1.29 is 4.79 Å². The minimum Gasteiger partial charge on any atom is -0.329 e. The second-order valence-corrected chi connectivity index (χ2v) is 2.43. The summed E-state index contributed by atoms with van der Waals surface area (Å²) in [6, 6.07) is 9.04. The molecule has 0 aromatic heterocycles. The maximum Gasteiger partial charge on any atom is 0.255 e. The SMILES string of the molecule is C=C/C=C\NC(=O)c1ccccc1. The first-order valence-electron chi connectivity index (χ1n) is 3.98. The van der Waals surface area contributed by atoms with Crippen molar-refractivity contribution in [2.75, 3.05) is 0 Å². The lowest BCUT2D eigenvalue weighted by atomic mass is 10.2. The highest BCUT2D eigenvalue weighted by Crippen LogP contribution is 1.97. The number of carbonyl (C=O) groups is 1. The van der Waals surface area contributed by atoms with Crippen molar-refractivity contribution in [1.29, 1.82) is 0 Å². The average Bonchev–Trinajstić information content (AvgIpc) is 2.19. The van der Waals surface area contributed by atoms with Crippen LogP contribution in [0.3, 0.4) is 0 Å². The van der Waals surface area contributed by atoms with Gasteiger partial charge in [0.15, 0.2) is 0 Å². The summed E-state index contributed by atoms with van der Waals surface area (Å²) >= 11 is 0. The van der Waals surface area contributed by atoms with Crippen molar-refractivity contribution in [3.8, 4) is 0 Å². The van der Waals surface area contributed by atoms with Gasteiger partial charge in [-0.1, -0.05) is 30.9 Å². The fourth-order valence-corrected chi connectivity index (χ4v) is 0.865. The molecule has 13 heavy (non-hydrogen) atoms. The molecule has 0 aliphatic carbocycles. The van der Waals surface area contributed by atoms with E-state index in [0.29, 0.717) is 5.56 Å². The number of benzene rings is 1. The average molecular weight is 173 g/mol. The van der Waals surface area contributed by atoms with Gasteiger partial charge in [0.2, 0.25) is 0 Å². The van der Waals surface area contributed by atoms with E-state index in [1.807, 2.05) is 18.2 Å². The first kappa shape index (κ1) is 9.26. The quantitative estimate of drug-likeness (QED) is 0.697. The van der Waals surface area contributed by atoms with E-state index < -0.39 is 0 Å². The Kier molecular flexibility index (Phi) is 3.51. The van der Waals surface area contributed by atoms with Crippen LogP contribution in [0.15, 0.2) is 55.3 Å². The summed E-state index contributed by atoms with van der Waals surface area (Å²) < 4.78 is 0. The molecule has 66 valence electrons. The van der Waals surface area contributed by atoms with Gasteiger partial charge >= 0.3 is 0 Å². The van der Waals surface area contributed by atoms with E-state index in [1.165, 1.54) is 0 Å². The minimum absolute atomic E-state index is 0.112. The summed E-state index contributed by atoms with van der Waals surface area (Å²) in [4.78, 5) is 11.3. The van der Waals surface area contributed by atoms with E-state index in [2.05, 4.69) is 11.9 Å². The van der Waals surface area contributed by atoms with Crippen molar-refractivity contribution in [1.82, 2.24) is 5.32 Å². The fraction of sp³-hybridized carbons (Fsp3) is 0. The zero-order valence-electron chi connectivity index (χ0n) is 7.23. The van der Waals surface area contributed by atoms with Gasteiger partial charge in [0.25, 0.3) is 5.91 Å². The molecule has 1 rings (SSSR count). The van der Waals surface area contributed by atoms with Gasteiger partial charge in [0.1, 0.15) is 0 Å². The first-order valence-corrected chi connectivity index (χ1v) is 3.98. The van der Waals surface area contributed by atoms with E-state index >= 15 is 0 Å². The molecule has 0 atom stereocenters. The van der Waals surface area contributed by atoms with Gasteiger partial charge in [0.05, 0.1) is 0 Å².